The lowest BCUT2D eigenvalue weighted by atomic mass is 10.2. The molecule has 0 unspecified atom stereocenters. The average Bonchev–Trinajstić information content (AvgIpc) is 2.82. The van der Waals surface area contributed by atoms with E-state index in [1.165, 1.54) is 12.2 Å². The van der Waals surface area contributed by atoms with Gasteiger partial charge in [-0.25, -0.2) is 8.42 Å². The topological polar surface area (TPSA) is 96.7 Å². The van der Waals surface area contributed by atoms with Crippen molar-refractivity contribution in [3.63, 3.8) is 0 Å². The Balaban J connectivity index is 1.78. The van der Waals surface area contributed by atoms with E-state index in [-0.39, 0.29) is 18.2 Å². The second-order valence-corrected chi connectivity index (χ2v) is 6.43. The van der Waals surface area contributed by atoms with Crippen molar-refractivity contribution in [2.24, 2.45) is 11.4 Å². The highest BCUT2D eigenvalue weighted by Crippen LogP contribution is 2.16. The van der Waals surface area contributed by atoms with Gasteiger partial charge in [0.2, 0.25) is 0 Å². The molecule has 1 N–H and O–H groups in total. The largest absolute Gasteiger partial charge is 0.330 e. The zero-order valence-electron chi connectivity index (χ0n) is 11.2. The van der Waals surface area contributed by atoms with Gasteiger partial charge in [-0.05, 0) is 12.2 Å². The third kappa shape index (κ3) is 2.87. The van der Waals surface area contributed by atoms with Gasteiger partial charge in [-0.2, -0.15) is 5.10 Å². The Morgan fingerprint density at radius 2 is 2.19 bits per heavy atom. The number of fused-ring (bicyclic) bond motifs is 1. The highest BCUT2D eigenvalue weighted by atomic mass is 32.2. The van der Waals surface area contributed by atoms with Crippen molar-refractivity contribution in [2.75, 3.05) is 17.6 Å². The molecule has 2 aliphatic rings. The van der Waals surface area contributed by atoms with Gasteiger partial charge in [-0.3, -0.25) is 9.48 Å². The van der Waals surface area contributed by atoms with Crippen LogP contribution >= 0.6 is 0 Å². The van der Waals surface area contributed by atoms with Gasteiger partial charge in [0, 0.05) is 32.1 Å². The number of hydrogen-bond donors (Lipinski definition) is 1. The van der Waals surface area contributed by atoms with Crippen molar-refractivity contribution < 1.29 is 13.2 Å². The van der Waals surface area contributed by atoms with Crippen molar-refractivity contribution in [2.45, 2.75) is 0 Å². The maximum atomic E-state index is 12.1. The highest BCUT2D eigenvalue weighted by Gasteiger charge is 2.25. The summed E-state index contributed by atoms with van der Waals surface area (Å²) in [6, 6.07) is 1.69. The minimum absolute atomic E-state index is 0.0595. The molecule has 1 aromatic rings. The number of nitrogens with one attached hydrogen (secondary N) is 1. The molecule has 0 aromatic carbocycles. The number of carbonyl (C=O) groups excluding carboxylic acids is 1. The van der Waals surface area contributed by atoms with E-state index < -0.39 is 10.0 Å². The van der Waals surface area contributed by atoms with Gasteiger partial charge in [0.15, 0.2) is 5.82 Å². The van der Waals surface area contributed by atoms with Crippen LogP contribution in [0.25, 0.3) is 0 Å². The first-order valence-electron chi connectivity index (χ1n) is 6.23. The molecule has 21 heavy (non-hydrogen) atoms. The van der Waals surface area contributed by atoms with Crippen molar-refractivity contribution in [1.29, 1.82) is 0 Å². The molecular weight excluding hydrogens is 294 g/mol. The SMILES string of the molecule is Cn1ccc(NC(=O)C2=CN3CCS(=O)(=O)N=C3C=C2)n1. The quantitative estimate of drug-likeness (QED) is 0.820. The molecule has 1 aromatic heterocycles. The van der Waals surface area contributed by atoms with Crippen LogP contribution in [0.15, 0.2) is 40.6 Å². The fraction of sp³-hybridized carbons (Fsp3) is 0.250. The third-order valence-electron chi connectivity index (χ3n) is 3.04. The molecule has 1 amide bonds. The van der Waals surface area contributed by atoms with E-state index in [4.69, 9.17) is 0 Å². The Labute approximate surface area is 121 Å². The van der Waals surface area contributed by atoms with Gasteiger partial charge in [0.1, 0.15) is 5.84 Å². The fourth-order valence-corrected chi connectivity index (χ4v) is 2.97. The maximum Gasteiger partial charge on any atom is 0.258 e. The first-order chi connectivity index (χ1) is 9.93. The molecule has 110 valence electrons. The Morgan fingerprint density at radius 1 is 1.38 bits per heavy atom. The zero-order valence-corrected chi connectivity index (χ0v) is 12.0. The van der Waals surface area contributed by atoms with Crippen LogP contribution in [0.3, 0.4) is 0 Å². The van der Waals surface area contributed by atoms with E-state index in [0.717, 1.165) is 0 Å². The normalized spacial score (nSPS) is 19.6. The predicted octanol–water partition coefficient (Wildman–Crippen LogP) is -0.144. The number of sulfonamides is 1. The van der Waals surface area contributed by atoms with Gasteiger partial charge >= 0.3 is 0 Å². The number of hydrogen-bond acceptors (Lipinski definition) is 5. The van der Waals surface area contributed by atoms with Crippen LogP contribution in [0, 0.1) is 0 Å². The molecule has 2 aliphatic heterocycles. The lowest BCUT2D eigenvalue weighted by molar-refractivity contribution is -0.112. The van der Waals surface area contributed by atoms with Gasteiger partial charge < -0.3 is 10.2 Å². The number of rotatable bonds is 2. The summed E-state index contributed by atoms with van der Waals surface area (Å²) in [5.74, 6) is 0.418. The third-order valence-corrected chi connectivity index (χ3v) is 4.21. The van der Waals surface area contributed by atoms with E-state index in [1.54, 1.807) is 35.1 Å². The first-order valence-corrected chi connectivity index (χ1v) is 7.84. The lowest BCUT2D eigenvalue weighted by Crippen LogP contribution is -2.37. The van der Waals surface area contributed by atoms with E-state index in [1.807, 2.05) is 0 Å². The zero-order chi connectivity index (χ0) is 15.0. The Morgan fingerprint density at radius 3 is 2.90 bits per heavy atom. The molecule has 0 spiro atoms. The van der Waals surface area contributed by atoms with Crippen LogP contribution in [0.4, 0.5) is 5.82 Å². The predicted molar refractivity (Wildman–Crippen MR) is 77.0 cm³/mol. The Kier molecular flexibility index (Phi) is 3.13. The van der Waals surface area contributed by atoms with Gasteiger partial charge in [0.25, 0.3) is 15.9 Å². The second-order valence-electron chi connectivity index (χ2n) is 4.68. The number of anilines is 1. The van der Waals surface area contributed by atoms with E-state index >= 15 is 0 Å². The van der Waals surface area contributed by atoms with Crippen LogP contribution in [0.5, 0.6) is 0 Å². The molecule has 3 rings (SSSR count). The fourth-order valence-electron chi connectivity index (χ4n) is 2.01. The van der Waals surface area contributed by atoms with Crippen molar-refractivity contribution in [3.05, 3.63) is 36.2 Å². The van der Waals surface area contributed by atoms with Gasteiger partial charge in [-0.15, -0.1) is 4.40 Å². The van der Waals surface area contributed by atoms with Crippen molar-refractivity contribution in [1.82, 2.24) is 14.7 Å². The van der Waals surface area contributed by atoms with Crippen LogP contribution in [0.2, 0.25) is 0 Å². The summed E-state index contributed by atoms with van der Waals surface area (Å²) >= 11 is 0. The molecule has 0 saturated carbocycles. The number of aryl methyl sites for hydroxylation is 1. The summed E-state index contributed by atoms with van der Waals surface area (Å²) in [7, 11) is -1.63. The highest BCUT2D eigenvalue weighted by molar-refractivity contribution is 7.90. The number of amidine groups is 1. The number of carbonyl (C=O) groups is 1. The van der Waals surface area contributed by atoms with E-state index in [0.29, 0.717) is 17.2 Å². The molecule has 0 saturated heterocycles. The van der Waals surface area contributed by atoms with Gasteiger partial charge in [0.05, 0.1) is 11.3 Å². The standard InChI is InChI=1S/C12H13N5O3S/c1-16-5-4-10(14-16)13-12(18)9-2-3-11-15-21(19,20)7-6-17(11)8-9/h2-5,8H,6-7H2,1H3,(H,13,14,18). The number of nitrogens with zero attached hydrogens (tertiary/aromatic N) is 4. The summed E-state index contributed by atoms with van der Waals surface area (Å²) in [5.41, 5.74) is 0.416. The average molecular weight is 307 g/mol. The maximum absolute atomic E-state index is 12.1. The smallest absolute Gasteiger partial charge is 0.258 e. The summed E-state index contributed by atoms with van der Waals surface area (Å²) in [6.07, 6.45) is 6.37. The number of amides is 1. The van der Waals surface area contributed by atoms with E-state index in [2.05, 4.69) is 14.8 Å². The van der Waals surface area contributed by atoms with Crippen molar-refractivity contribution in [3.8, 4) is 0 Å². The van der Waals surface area contributed by atoms with E-state index in [9.17, 15) is 13.2 Å². The van der Waals surface area contributed by atoms with Crippen molar-refractivity contribution >= 4 is 27.6 Å². The Hall–Kier alpha value is -2.42. The van der Waals surface area contributed by atoms with Gasteiger partial charge in [-0.1, -0.05) is 0 Å². The molecule has 0 atom stereocenters. The molecule has 8 nitrogen and oxygen atoms in total. The summed E-state index contributed by atoms with van der Waals surface area (Å²) < 4.78 is 28.0. The monoisotopic (exact) mass is 307 g/mol. The van der Waals surface area contributed by atoms with Crippen LogP contribution < -0.4 is 5.32 Å². The number of aromatic nitrogens is 2. The van der Waals surface area contributed by atoms with Crippen LogP contribution in [-0.4, -0.2) is 47.1 Å². The summed E-state index contributed by atoms with van der Waals surface area (Å²) in [4.78, 5) is 13.8. The molecular formula is C12H13N5O3S. The second kappa shape index (κ2) is 4.85. The minimum atomic E-state index is -3.38. The summed E-state index contributed by atoms with van der Waals surface area (Å²) in [6.45, 7) is 0.284. The lowest BCUT2D eigenvalue weighted by Gasteiger charge is -2.26. The van der Waals surface area contributed by atoms with Crippen LogP contribution in [-0.2, 0) is 21.9 Å². The molecule has 0 fully saturated rings. The molecule has 9 heteroatoms. The van der Waals surface area contributed by atoms with Crippen LogP contribution in [0.1, 0.15) is 0 Å². The minimum Gasteiger partial charge on any atom is -0.330 e. The first kappa shape index (κ1) is 13.6. The Bertz CT molecular complexity index is 788. The molecule has 0 bridgehead atoms. The molecule has 0 radical (unpaired) electrons. The summed E-state index contributed by atoms with van der Waals surface area (Å²) in [5, 5.41) is 6.73. The molecule has 3 heterocycles. The molecule has 0 aliphatic carbocycles.